The van der Waals surface area contributed by atoms with Gasteiger partial charge in [0.15, 0.2) is 0 Å². The van der Waals surface area contributed by atoms with Crippen LogP contribution in [0.3, 0.4) is 0 Å². The number of amides is 1. The smallest absolute Gasteiger partial charge is 0.325 e. The maximum Gasteiger partial charge on any atom is 0.325 e. The second-order valence-electron chi connectivity index (χ2n) is 4.03. The van der Waals surface area contributed by atoms with Crippen LogP contribution in [-0.2, 0) is 16.1 Å². The van der Waals surface area contributed by atoms with Crippen molar-refractivity contribution in [1.82, 2.24) is 15.1 Å². The zero-order chi connectivity index (χ0) is 13.0. The van der Waals surface area contributed by atoms with Gasteiger partial charge in [0.1, 0.15) is 6.04 Å². The molecule has 17 heavy (non-hydrogen) atoms. The Hall–Kier alpha value is -1.85. The van der Waals surface area contributed by atoms with Crippen LogP contribution >= 0.6 is 0 Å². The molecule has 6 heteroatoms. The molecular weight excluding hydrogens is 222 g/mol. The van der Waals surface area contributed by atoms with Crippen LogP contribution in [0.1, 0.15) is 24.7 Å². The van der Waals surface area contributed by atoms with Gasteiger partial charge in [0.25, 0.3) is 0 Å². The topological polar surface area (TPSA) is 84.2 Å². The SMILES string of the molecule is Cc1cc(C)n(CCC(=O)N[C@@H](C)C(=O)O)n1. The molecule has 6 nitrogen and oxygen atoms in total. The second-order valence-corrected chi connectivity index (χ2v) is 4.03. The van der Waals surface area contributed by atoms with Crippen LogP contribution in [0, 0.1) is 13.8 Å². The third-order valence-electron chi connectivity index (χ3n) is 2.40. The summed E-state index contributed by atoms with van der Waals surface area (Å²) >= 11 is 0. The fourth-order valence-corrected chi connectivity index (χ4v) is 1.48. The van der Waals surface area contributed by atoms with Crippen LogP contribution < -0.4 is 5.32 Å². The van der Waals surface area contributed by atoms with Gasteiger partial charge in [-0.2, -0.15) is 5.10 Å². The molecule has 1 rings (SSSR count). The molecule has 1 heterocycles. The molecular formula is C11H17N3O3. The normalized spacial score (nSPS) is 12.2. The Bertz CT molecular complexity index is 426. The third kappa shape index (κ3) is 3.90. The highest BCUT2D eigenvalue weighted by atomic mass is 16.4. The van der Waals surface area contributed by atoms with E-state index in [1.54, 1.807) is 4.68 Å². The van der Waals surface area contributed by atoms with Crippen molar-refractivity contribution < 1.29 is 14.7 Å². The first-order valence-electron chi connectivity index (χ1n) is 5.43. The van der Waals surface area contributed by atoms with Crippen molar-refractivity contribution in [2.75, 3.05) is 0 Å². The summed E-state index contributed by atoms with van der Waals surface area (Å²) in [6.45, 7) is 5.69. The van der Waals surface area contributed by atoms with Gasteiger partial charge in [-0.1, -0.05) is 0 Å². The second kappa shape index (κ2) is 5.47. The van der Waals surface area contributed by atoms with E-state index in [2.05, 4.69) is 10.4 Å². The maximum absolute atomic E-state index is 11.4. The van der Waals surface area contributed by atoms with Crippen LogP contribution in [-0.4, -0.2) is 32.8 Å². The van der Waals surface area contributed by atoms with E-state index in [0.717, 1.165) is 11.4 Å². The minimum atomic E-state index is -1.04. The van der Waals surface area contributed by atoms with Gasteiger partial charge in [0.2, 0.25) is 5.91 Å². The van der Waals surface area contributed by atoms with Gasteiger partial charge in [0, 0.05) is 18.7 Å². The summed E-state index contributed by atoms with van der Waals surface area (Å²) in [6, 6.07) is 1.07. The Morgan fingerprint density at radius 3 is 2.65 bits per heavy atom. The van der Waals surface area contributed by atoms with E-state index in [1.807, 2.05) is 19.9 Å². The molecule has 0 saturated heterocycles. The van der Waals surface area contributed by atoms with Gasteiger partial charge in [0.05, 0.1) is 5.69 Å². The monoisotopic (exact) mass is 239 g/mol. The first kappa shape index (κ1) is 13.2. The maximum atomic E-state index is 11.4. The van der Waals surface area contributed by atoms with Gasteiger partial charge in [-0.25, -0.2) is 0 Å². The number of carbonyl (C=O) groups is 2. The van der Waals surface area contributed by atoms with E-state index in [1.165, 1.54) is 6.92 Å². The van der Waals surface area contributed by atoms with Gasteiger partial charge in [-0.3, -0.25) is 14.3 Å². The van der Waals surface area contributed by atoms with Gasteiger partial charge in [-0.05, 0) is 26.8 Å². The molecule has 0 aromatic carbocycles. The van der Waals surface area contributed by atoms with E-state index < -0.39 is 12.0 Å². The van der Waals surface area contributed by atoms with Crippen molar-refractivity contribution in [3.05, 3.63) is 17.5 Å². The number of carbonyl (C=O) groups excluding carboxylic acids is 1. The van der Waals surface area contributed by atoms with Gasteiger partial charge < -0.3 is 10.4 Å². The van der Waals surface area contributed by atoms with Crippen molar-refractivity contribution in [2.24, 2.45) is 0 Å². The van der Waals surface area contributed by atoms with E-state index >= 15 is 0 Å². The van der Waals surface area contributed by atoms with E-state index in [0.29, 0.717) is 6.54 Å². The predicted octanol–water partition coefficient (Wildman–Crippen LogP) is 0.479. The molecule has 2 N–H and O–H groups in total. The molecule has 0 aliphatic carbocycles. The lowest BCUT2D eigenvalue weighted by molar-refractivity contribution is -0.141. The Kier molecular flexibility index (Phi) is 4.25. The predicted molar refractivity (Wildman–Crippen MR) is 61.6 cm³/mol. The zero-order valence-corrected chi connectivity index (χ0v) is 10.2. The number of aryl methyl sites for hydroxylation is 3. The van der Waals surface area contributed by atoms with Crippen molar-refractivity contribution in [3.8, 4) is 0 Å². The molecule has 1 aromatic heterocycles. The number of nitrogens with one attached hydrogen (secondary N) is 1. The van der Waals surface area contributed by atoms with Crippen LogP contribution in [0.4, 0.5) is 0 Å². The Morgan fingerprint density at radius 2 is 2.18 bits per heavy atom. The molecule has 1 atom stereocenters. The molecule has 1 amide bonds. The van der Waals surface area contributed by atoms with Crippen molar-refractivity contribution in [1.29, 1.82) is 0 Å². The number of rotatable bonds is 5. The standard InChI is InChI=1S/C11H17N3O3/c1-7-6-8(2)14(13-7)5-4-10(15)12-9(3)11(16)17/h6,9H,4-5H2,1-3H3,(H,12,15)(H,16,17)/t9-/m0/s1. The van der Waals surface area contributed by atoms with Crippen LogP contribution in [0.15, 0.2) is 6.07 Å². The molecule has 0 fully saturated rings. The number of hydrogen-bond donors (Lipinski definition) is 2. The number of aromatic nitrogens is 2. The number of nitrogens with zero attached hydrogens (tertiary/aromatic N) is 2. The number of hydrogen-bond acceptors (Lipinski definition) is 3. The molecule has 0 saturated carbocycles. The van der Waals surface area contributed by atoms with Crippen molar-refractivity contribution in [3.63, 3.8) is 0 Å². The van der Waals surface area contributed by atoms with Crippen LogP contribution in [0.25, 0.3) is 0 Å². The first-order chi connectivity index (χ1) is 7.90. The summed E-state index contributed by atoms with van der Waals surface area (Å²) in [5.41, 5.74) is 1.89. The summed E-state index contributed by atoms with van der Waals surface area (Å²) in [6.07, 6.45) is 0.222. The molecule has 0 aliphatic rings. The quantitative estimate of drug-likeness (QED) is 0.782. The molecule has 0 spiro atoms. The molecule has 0 bridgehead atoms. The minimum Gasteiger partial charge on any atom is -0.480 e. The average Bonchev–Trinajstić information content (AvgIpc) is 2.54. The first-order valence-corrected chi connectivity index (χ1v) is 5.43. The largest absolute Gasteiger partial charge is 0.480 e. The highest BCUT2D eigenvalue weighted by molar-refractivity contribution is 5.83. The van der Waals surface area contributed by atoms with Gasteiger partial charge >= 0.3 is 5.97 Å². The summed E-state index contributed by atoms with van der Waals surface area (Å²) in [5.74, 6) is -1.32. The van der Waals surface area contributed by atoms with Crippen LogP contribution in [0.5, 0.6) is 0 Å². The molecule has 0 aliphatic heterocycles. The highest BCUT2D eigenvalue weighted by Crippen LogP contribution is 2.02. The molecule has 1 aromatic rings. The fraction of sp³-hybridized carbons (Fsp3) is 0.545. The lowest BCUT2D eigenvalue weighted by Crippen LogP contribution is -2.38. The van der Waals surface area contributed by atoms with E-state index in [9.17, 15) is 9.59 Å². The Morgan fingerprint density at radius 1 is 1.53 bits per heavy atom. The summed E-state index contributed by atoms with van der Waals surface area (Å²) in [7, 11) is 0. The number of carboxylic acid groups (broad SMARTS) is 1. The molecule has 0 unspecified atom stereocenters. The number of aliphatic carboxylic acids is 1. The van der Waals surface area contributed by atoms with E-state index in [4.69, 9.17) is 5.11 Å². The average molecular weight is 239 g/mol. The zero-order valence-electron chi connectivity index (χ0n) is 10.2. The third-order valence-corrected chi connectivity index (χ3v) is 2.40. The fourth-order valence-electron chi connectivity index (χ4n) is 1.48. The lowest BCUT2D eigenvalue weighted by atomic mass is 10.3. The highest BCUT2D eigenvalue weighted by Gasteiger charge is 2.13. The minimum absolute atomic E-state index is 0.222. The Labute approximate surface area is 99.6 Å². The number of carboxylic acids is 1. The van der Waals surface area contributed by atoms with Crippen molar-refractivity contribution >= 4 is 11.9 Å². The summed E-state index contributed by atoms with van der Waals surface area (Å²) in [4.78, 5) is 22.0. The molecule has 0 radical (unpaired) electrons. The lowest BCUT2D eigenvalue weighted by Gasteiger charge is -2.09. The van der Waals surface area contributed by atoms with E-state index in [-0.39, 0.29) is 12.3 Å². The Balaban J connectivity index is 2.43. The van der Waals surface area contributed by atoms with Crippen molar-refractivity contribution in [2.45, 2.75) is 39.8 Å². The summed E-state index contributed by atoms with van der Waals surface area (Å²) in [5, 5.41) is 15.2. The molecule has 94 valence electrons. The summed E-state index contributed by atoms with van der Waals surface area (Å²) < 4.78 is 1.74. The van der Waals surface area contributed by atoms with Crippen LogP contribution in [0.2, 0.25) is 0 Å². The van der Waals surface area contributed by atoms with Gasteiger partial charge in [-0.15, -0.1) is 0 Å².